The molecule has 10 nitrogen and oxygen atoms in total. The molecule has 1 aromatic carbocycles. The molecular weight excluding hydrogens is 424 g/mol. The van der Waals surface area contributed by atoms with Gasteiger partial charge in [-0.2, -0.15) is 10.1 Å². The number of aryl methyl sites for hydroxylation is 2. The van der Waals surface area contributed by atoms with Gasteiger partial charge >= 0.3 is 5.97 Å². The predicted octanol–water partition coefficient (Wildman–Crippen LogP) is 2.08. The predicted molar refractivity (Wildman–Crippen MR) is 122 cm³/mol. The summed E-state index contributed by atoms with van der Waals surface area (Å²) in [6.07, 6.45) is 1.12. The second-order valence-corrected chi connectivity index (χ2v) is 8.00. The van der Waals surface area contributed by atoms with Crippen molar-refractivity contribution < 1.29 is 19.1 Å². The number of esters is 1. The van der Waals surface area contributed by atoms with Gasteiger partial charge in [0.15, 0.2) is 6.10 Å². The van der Waals surface area contributed by atoms with Crippen molar-refractivity contribution >= 4 is 29.0 Å². The summed E-state index contributed by atoms with van der Waals surface area (Å²) in [7, 11) is 0. The third kappa shape index (κ3) is 5.28. The van der Waals surface area contributed by atoms with Crippen LogP contribution in [0.5, 0.6) is 0 Å². The summed E-state index contributed by atoms with van der Waals surface area (Å²) in [6.45, 7) is 8.48. The Labute approximate surface area is 191 Å². The number of aromatic nitrogens is 4. The molecule has 0 spiro atoms. The standard InChI is InChI=1S/C23H28N6O4/c1-15-20(16(2)29-23(26-15)24-14-25-29)8-9-21(30)33-17(3)22(31)27-18-4-6-19(7-5-18)28-10-12-32-13-11-28/h4-7,14,17H,8-13H2,1-3H3,(H,27,31). The van der Waals surface area contributed by atoms with Crippen molar-refractivity contribution in [3.8, 4) is 0 Å². The minimum atomic E-state index is -0.908. The Morgan fingerprint density at radius 1 is 1.18 bits per heavy atom. The first-order valence-electron chi connectivity index (χ1n) is 11.0. The van der Waals surface area contributed by atoms with E-state index in [0.29, 0.717) is 31.1 Å². The molecule has 3 aromatic rings. The highest BCUT2D eigenvalue weighted by Crippen LogP contribution is 2.20. The second-order valence-electron chi connectivity index (χ2n) is 8.00. The molecule has 1 aliphatic rings. The molecule has 10 heteroatoms. The van der Waals surface area contributed by atoms with Gasteiger partial charge in [-0.25, -0.2) is 9.50 Å². The third-order valence-electron chi connectivity index (χ3n) is 5.76. The zero-order valence-corrected chi connectivity index (χ0v) is 19.1. The molecule has 1 aliphatic heterocycles. The molecular formula is C23H28N6O4. The van der Waals surface area contributed by atoms with E-state index in [1.807, 2.05) is 38.1 Å². The Kier molecular flexibility index (Phi) is 6.83. The number of benzene rings is 1. The number of hydrogen-bond acceptors (Lipinski definition) is 8. The number of carbonyl (C=O) groups is 2. The summed E-state index contributed by atoms with van der Waals surface area (Å²) in [5.41, 5.74) is 4.34. The van der Waals surface area contributed by atoms with Gasteiger partial charge in [-0.05, 0) is 57.0 Å². The highest BCUT2D eigenvalue weighted by molar-refractivity contribution is 5.95. The van der Waals surface area contributed by atoms with Crippen LogP contribution in [0.3, 0.4) is 0 Å². The van der Waals surface area contributed by atoms with Gasteiger partial charge in [-0.3, -0.25) is 9.59 Å². The highest BCUT2D eigenvalue weighted by Gasteiger charge is 2.19. The molecule has 4 rings (SSSR count). The average molecular weight is 453 g/mol. The molecule has 174 valence electrons. The normalized spacial score (nSPS) is 14.8. The lowest BCUT2D eigenvalue weighted by atomic mass is 10.1. The molecule has 1 saturated heterocycles. The molecule has 33 heavy (non-hydrogen) atoms. The number of fused-ring (bicyclic) bond motifs is 1. The van der Waals surface area contributed by atoms with E-state index < -0.39 is 12.1 Å². The van der Waals surface area contributed by atoms with Gasteiger partial charge in [0.1, 0.15) is 6.33 Å². The van der Waals surface area contributed by atoms with Gasteiger partial charge in [0.25, 0.3) is 11.7 Å². The molecule has 0 aliphatic carbocycles. The topological polar surface area (TPSA) is 111 Å². The van der Waals surface area contributed by atoms with Gasteiger partial charge in [0.05, 0.1) is 13.2 Å². The van der Waals surface area contributed by atoms with Crippen LogP contribution in [0, 0.1) is 13.8 Å². The van der Waals surface area contributed by atoms with E-state index >= 15 is 0 Å². The molecule has 2 aromatic heterocycles. The second kappa shape index (κ2) is 9.95. The molecule has 0 bridgehead atoms. The fourth-order valence-electron chi connectivity index (χ4n) is 3.87. The Morgan fingerprint density at radius 2 is 1.91 bits per heavy atom. The van der Waals surface area contributed by atoms with Crippen molar-refractivity contribution in [3.05, 3.63) is 47.5 Å². The van der Waals surface area contributed by atoms with E-state index in [-0.39, 0.29) is 12.3 Å². The van der Waals surface area contributed by atoms with Crippen LogP contribution in [0.4, 0.5) is 11.4 Å². The lowest BCUT2D eigenvalue weighted by molar-refractivity contribution is -0.153. The number of nitrogens with zero attached hydrogens (tertiary/aromatic N) is 5. The molecule has 0 saturated carbocycles. The first kappa shape index (κ1) is 22.7. The monoisotopic (exact) mass is 452 g/mol. The quantitative estimate of drug-likeness (QED) is 0.543. The van der Waals surface area contributed by atoms with Crippen LogP contribution in [-0.4, -0.2) is 63.9 Å². The highest BCUT2D eigenvalue weighted by atomic mass is 16.5. The maximum absolute atomic E-state index is 12.5. The maximum atomic E-state index is 12.5. The average Bonchev–Trinajstić information content (AvgIpc) is 3.28. The Hall–Kier alpha value is -3.53. The number of hydrogen-bond donors (Lipinski definition) is 1. The lowest BCUT2D eigenvalue weighted by Gasteiger charge is -2.28. The summed E-state index contributed by atoms with van der Waals surface area (Å²) in [4.78, 5) is 35.6. The van der Waals surface area contributed by atoms with Crippen molar-refractivity contribution in [2.75, 3.05) is 36.5 Å². The van der Waals surface area contributed by atoms with E-state index in [4.69, 9.17) is 9.47 Å². The van der Waals surface area contributed by atoms with Gasteiger partial charge in [0.2, 0.25) is 0 Å². The van der Waals surface area contributed by atoms with Gasteiger partial charge in [-0.15, -0.1) is 0 Å². The number of amides is 1. The van der Waals surface area contributed by atoms with Crippen molar-refractivity contribution in [1.82, 2.24) is 19.6 Å². The third-order valence-corrected chi connectivity index (χ3v) is 5.76. The van der Waals surface area contributed by atoms with E-state index in [0.717, 1.165) is 35.7 Å². The number of morpholine rings is 1. The summed E-state index contributed by atoms with van der Waals surface area (Å²) >= 11 is 0. The number of rotatable bonds is 7. The molecule has 1 atom stereocenters. The van der Waals surface area contributed by atoms with Crippen molar-refractivity contribution in [1.29, 1.82) is 0 Å². The zero-order valence-electron chi connectivity index (χ0n) is 19.1. The van der Waals surface area contributed by atoms with Gasteiger partial charge < -0.3 is 19.7 Å². The number of carbonyl (C=O) groups excluding carboxylic acids is 2. The Bertz CT molecular complexity index is 1140. The van der Waals surface area contributed by atoms with E-state index in [9.17, 15) is 9.59 Å². The summed E-state index contributed by atoms with van der Waals surface area (Å²) in [5, 5.41) is 6.95. The van der Waals surface area contributed by atoms with E-state index in [2.05, 4.69) is 25.3 Å². The maximum Gasteiger partial charge on any atom is 0.306 e. The van der Waals surface area contributed by atoms with Crippen LogP contribution in [0.15, 0.2) is 30.6 Å². The zero-order chi connectivity index (χ0) is 23.4. The summed E-state index contributed by atoms with van der Waals surface area (Å²) < 4.78 is 12.4. The number of anilines is 2. The van der Waals surface area contributed by atoms with Gasteiger partial charge in [-0.1, -0.05) is 0 Å². The minimum absolute atomic E-state index is 0.134. The Balaban J connectivity index is 1.28. The number of nitrogens with one attached hydrogen (secondary N) is 1. The SMILES string of the molecule is Cc1nc2ncnn2c(C)c1CCC(=O)OC(C)C(=O)Nc1ccc(N2CCOCC2)cc1. The molecule has 1 amide bonds. The fraction of sp³-hybridized carbons (Fsp3) is 0.435. The molecule has 0 radical (unpaired) electrons. The van der Waals surface area contributed by atoms with E-state index in [1.165, 1.54) is 6.33 Å². The van der Waals surface area contributed by atoms with Crippen LogP contribution in [-0.2, 0) is 25.5 Å². The lowest BCUT2D eigenvalue weighted by Crippen LogP contribution is -2.36. The minimum Gasteiger partial charge on any atom is -0.453 e. The van der Waals surface area contributed by atoms with Crippen LogP contribution in [0.2, 0.25) is 0 Å². The smallest absolute Gasteiger partial charge is 0.306 e. The number of ether oxygens (including phenoxy) is 2. The first-order chi connectivity index (χ1) is 15.9. The molecule has 3 heterocycles. The van der Waals surface area contributed by atoms with Crippen molar-refractivity contribution in [2.24, 2.45) is 0 Å². The van der Waals surface area contributed by atoms with Crippen LogP contribution >= 0.6 is 0 Å². The summed E-state index contributed by atoms with van der Waals surface area (Å²) in [5.74, 6) is -0.294. The molecule has 1 fully saturated rings. The fourth-order valence-corrected chi connectivity index (χ4v) is 3.87. The van der Waals surface area contributed by atoms with Gasteiger partial charge in [0, 0.05) is 42.3 Å². The Morgan fingerprint density at radius 3 is 2.64 bits per heavy atom. The molecule has 1 N–H and O–H groups in total. The van der Waals surface area contributed by atoms with E-state index in [1.54, 1.807) is 11.4 Å². The van der Waals surface area contributed by atoms with Crippen LogP contribution in [0.25, 0.3) is 5.78 Å². The van der Waals surface area contributed by atoms with Crippen molar-refractivity contribution in [3.63, 3.8) is 0 Å². The van der Waals surface area contributed by atoms with Crippen LogP contribution in [0.1, 0.15) is 30.3 Å². The summed E-state index contributed by atoms with van der Waals surface area (Å²) in [6, 6.07) is 7.61. The van der Waals surface area contributed by atoms with Crippen LogP contribution < -0.4 is 10.2 Å². The largest absolute Gasteiger partial charge is 0.453 e. The first-order valence-corrected chi connectivity index (χ1v) is 11.0. The molecule has 1 unspecified atom stereocenters. The van der Waals surface area contributed by atoms with Crippen molar-refractivity contribution in [2.45, 2.75) is 39.7 Å².